The molecule has 18 heavy (non-hydrogen) atoms. The third-order valence-electron chi connectivity index (χ3n) is 2.41. The molecule has 0 aliphatic rings. The summed E-state index contributed by atoms with van der Waals surface area (Å²) < 4.78 is 23.9. The quantitative estimate of drug-likeness (QED) is 0.652. The highest BCUT2D eigenvalue weighted by Crippen LogP contribution is 2.14. The normalized spacial score (nSPS) is 13.8. The summed E-state index contributed by atoms with van der Waals surface area (Å²) in [5.74, 6) is -0.295. The van der Waals surface area contributed by atoms with E-state index in [1.807, 2.05) is 13.8 Å². The molecule has 4 N–H and O–H groups in total. The maximum atomic E-state index is 12.0. The molecule has 1 aromatic rings. The molecule has 0 aromatic heterocycles. The summed E-state index contributed by atoms with van der Waals surface area (Å²) >= 11 is 0. The predicted molar refractivity (Wildman–Crippen MR) is 72.1 cm³/mol. The first-order chi connectivity index (χ1) is 8.31. The molecule has 0 radical (unpaired) electrons. The Kier molecular flexibility index (Phi) is 5.13. The van der Waals surface area contributed by atoms with Crippen LogP contribution in [0.3, 0.4) is 0 Å². The fourth-order valence-electron chi connectivity index (χ4n) is 1.46. The molecule has 0 fully saturated rings. The third kappa shape index (κ3) is 4.64. The van der Waals surface area contributed by atoms with E-state index in [2.05, 4.69) is 5.32 Å². The van der Waals surface area contributed by atoms with Gasteiger partial charge in [-0.2, -0.15) is 0 Å². The summed E-state index contributed by atoms with van der Waals surface area (Å²) in [5, 5.41) is 12.7. The van der Waals surface area contributed by atoms with Gasteiger partial charge in [-0.15, -0.1) is 0 Å². The Balaban J connectivity index is 2.67. The molecule has 6 heteroatoms. The van der Waals surface area contributed by atoms with E-state index in [1.165, 1.54) is 24.3 Å². The van der Waals surface area contributed by atoms with Crippen LogP contribution in [0, 0.1) is 0 Å². The van der Waals surface area contributed by atoms with Crippen molar-refractivity contribution in [1.82, 2.24) is 5.32 Å². The van der Waals surface area contributed by atoms with E-state index in [4.69, 9.17) is 5.73 Å². The van der Waals surface area contributed by atoms with Crippen LogP contribution >= 0.6 is 0 Å². The smallest absolute Gasteiger partial charge is 0.180 e. The molecule has 5 nitrogen and oxygen atoms in total. The lowest BCUT2D eigenvalue weighted by molar-refractivity contribution is 0.190. The van der Waals surface area contributed by atoms with Crippen molar-refractivity contribution in [1.29, 1.82) is 0 Å². The van der Waals surface area contributed by atoms with Gasteiger partial charge in [-0.3, -0.25) is 0 Å². The van der Waals surface area contributed by atoms with Crippen LogP contribution in [0.1, 0.15) is 13.8 Å². The first kappa shape index (κ1) is 14.9. The molecule has 0 bridgehead atoms. The molecular formula is C12H20N2O3S. The number of nitrogen functional groups attached to an aromatic ring is 1. The Morgan fingerprint density at radius 1 is 1.28 bits per heavy atom. The Morgan fingerprint density at radius 2 is 1.83 bits per heavy atom. The molecule has 0 heterocycles. The monoisotopic (exact) mass is 272 g/mol. The first-order valence-corrected chi connectivity index (χ1v) is 7.46. The number of aliphatic hydroxyl groups is 1. The zero-order valence-corrected chi connectivity index (χ0v) is 11.4. The highest BCUT2D eigenvalue weighted by molar-refractivity contribution is 7.91. The molecular weight excluding hydrogens is 252 g/mol. The number of rotatable bonds is 6. The number of aliphatic hydroxyl groups excluding tert-OH is 1. The molecule has 0 saturated carbocycles. The molecule has 0 spiro atoms. The van der Waals surface area contributed by atoms with Gasteiger partial charge in [-0.25, -0.2) is 8.42 Å². The van der Waals surface area contributed by atoms with Crippen LogP contribution < -0.4 is 11.1 Å². The molecule has 102 valence electrons. The van der Waals surface area contributed by atoms with Gasteiger partial charge in [0.15, 0.2) is 9.84 Å². The Labute approximate surface area is 108 Å². The van der Waals surface area contributed by atoms with Gasteiger partial charge in [-0.05, 0) is 24.3 Å². The van der Waals surface area contributed by atoms with Crippen LogP contribution in [0.5, 0.6) is 0 Å². The Bertz CT molecular complexity index is 469. The second-order valence-electron chi connectivity index (χ2n) is 4.57. The minimum absolute atomic E-state index is 0.181. The zero-order chi connectivity index (χ0) is 13.8. The minimum atomic E-state index is -3.47. The fraction of sp³-hybridized carbons (Fsp3) is 0.500. The van der Waals surface area contributed by atoms with E-state index in [1.54, 1.807) is 0 Å². The van der Waals surface area contributed by atoms with Gasteiger partial charge in [0.25, 0.3) is 0 Å². The van der Waals surface area contributed by atoms with E-state index in [9.17, 15) is 13.5 Å². The van der Waals surface area contributed by atoms with Crippen molar-refractivity contribution in [3.8, 4) is 0 Å². The summed E-state index contributed by atoms with van der Waals surface area (Å²) in [7, 11) is -3.47. The van der Waals surface area contributed by atoms with Crippen molar-refractivity contribution in [2.75, 3.05) is 18.0 Å². The maximum Gasteiger partial charge on any atom is 0.180 e. The van der Waals surface area contributed by atoms with Crippen molar-refractivity contribution >= 4 is 15.5 Å². The highest BCUT2D eigenvalue weighted by Gasteiger charge is 2.19. The fourth-order valence-corrected chi connectivity index (χ4v) is 2.82. The SMILES string of the molecule is CC(C)NCC(O)CS(=O)(=O)c1ccc(N)cc1. The van der Waals surface area contributed by atoms with Crippen molar-refractivity contribution in [2.24, 2.45) is 0 Å². The highest BCUT2D eigenvalue weighted by atomic mass is 32.2. The average Bonchev–Trinajstić information content (AvgIpc) is 2.26. The third-order valence-corrected chi connectivity index (χ3v) is 4.23. The summed E-state index contributed by atoms with van der Waals surface area (Å²) in [5.41, 5.74) is 6.01. The molecule has 0 saturated heterocycles. The van der Waals surface area contributed by atoms with Crippen molar-refractivity contribution in [3.63, 3.8) is 0 Å². The van der Waals surface area contributed by atoms with Gasteiger partial charge in [-0.1, -0.05) is 13.8 Å². The van der Waals surface area contributed by atoms with Crippen molar-refractivity contribution in [3.05, 3.63) is 24.3 Å². The number of nitrogens with one attached hydrogen (secondary N) is 1. The molecule has 1 atom stereocenters. The predicted octanol–water partition coefficient (Wildman–Crippen LogP) is 0.401. The Hall–Kier alpha value is -1.11. The second kappa shape index (κ2) is 6.17. The van der Waals surface area contributed by atoms with E-state index in [0.29, 0.717) is 5.69 Å². The molecule has 0 amide bonds. The van der Waals surface area contributed by atoms with Crippen LogP contribution in [0.2, 0.25) is 0 Å². The van der Waals surface area contributed by atoms with Crippen LogP contribution in [-0.2, 0) is 9.84 Å². The van der Waals surface area contributed by atoms with E-state index < -0.39 is 15.9 Å². The topological polar surface area (TPSA) is 92.4 Å². The van der Waals surface area contributed by atoms with Gasteiger partial charge in [0.2, 0.25) is 0 Å². The summed E-state index contributed by atoms with van der Waals surface area (Å²) in [6, 6.07) is 6.18. The van der Waals surface area contributed by atoms with Crippen LogP contribution in [0.15, 0.2) is 29.2 Å². The van der Waals surface area contributed by atoms with E-state index >= 15 is 0 Å². The van der Waals surface area contributed by atoms with Crippen LogP contribution in [-0.4, -0.2) is 38.0 Å². The molecule has 1 rings (SSSR count). The zero-order valence-electron chi connectivity index (χ0n) is 10.6. The molecule has 1 unspecified atom stereocenters. The molecule has 0 aliphatic carbocycles. The van der Waals surface area contributed by atoms with Gasteiger partial charge in [0, 0.05) is 18.3 Å². The van der Waals surface area contributed by atoms with Crippen LogP contribution in [0.25, 0.3) is 0 Å². The van der Waals surface area contributed by atoms with Gasteiger partial charge in [0.05, 0.1) is 16.8 Å². The number of anilines is 1. The lowest BCUT2D eigenvalue weighted by Crippen LogP contribution is -2.35. The van der Waals surface area contributed by atoms with Crippen LogP contribution in [0.4, 0.5) is 5.69 Å². The second-order valence-corrected chi connectivity index (χ2v) is 6.60. The number of benzene rings is 1. The number of nitrogens with two attached hydrogens (primary N) is 1. The Morgan fingerprint density at radius 3 is 2.33 bits per heavy atom. The number of sulfone groups is 1. The maximum absolute atomic E-state index is 12.0. The standard InChI is InChI=1S/C12H20N2O3S/c1-9(2)14-7-11(15)8-18(16,17)12-5-3-10(13)4-6-12/h3-6,9,11,14-15H,7-8,13H2,1-2H3. The first-order valence-electron chi connectivity index (χ1n) is 5.81. The number of hydrogen-bond acceptors (Lipinski definition) is 5. The van der Waals surface area contributed by atoms with Crippen molar-refractivity contribution < 1.29 is 13.5 Å². The average molecular weight is 272 g/mol. The lowest BCUT2D eigenvalue weighted by atomic mass is 10.3. The van der Waals surface area contributed by atoms with E-state index in [0.717, 1.165) is 0 Å². The van der Waals surface area contributed by atoms with Gasteiger partial charge < -0.3 is 16.2 Å². The molecule has 0 aliphatic heterocycles. The molecule has 1 aromatic carbocycles. The largest absolute Gasteiger partial charge is 0.399 e. The van der Waals surface area contributed by atoms with Gasteiger partial charge in [0.1, 0.15) is 0 Å². The number of hydrogen-bond donors (Lipinski definition) is 3. The summed E-state index contributed by atoms with van der Waals surface area (Å²) in [4.78, 5) is 0.181. The minimum Gasteiger partial charge on any atom is -0.399 e. The van der Waals surface area contributed by atoms with Gasteiger partial charge >= 0.3 is 0 Å². The lowest BCUT2D eigenvalue weighted by Gasteiger charge is -2.14. The van der Waals surface area contributed by atoms with Crippen molar-refractivity contribution in [2.45, 2.75) is 30.9 Å². The van der Waals surface area contributed by atoms with E-state index in [-0.39, 0.29) is 23.2 Å². The summed E-state index contributed by atoms with van der Waals surface area (Å²) in [6.07, 6.45) is -0.921. The summed E-state index contributed by atoms with van der Waals surface area (Å²) in [6.45, 7) is 4.12.